The minimum absolute atomic E-state index is 0.0297. The smallest absolute Gasteiger partial charge is 0.352 e. The summed E-state index contributed by atoms with van der Waals surface area (Å²) in [6, 6.07) is 5.59. The Morgan fingerprint density at radius 1 is 1.45 bits per heavy atom. The summed E-state index contributed by atoms with van der Waals surface area (Å²) in [6.07, 6.45) is 2.28. The van der Waals surface area contributed by atoms with Crippen LogP contribution in [-0.2, 0) is 10.0 Å². The number of hydrogen-bond donors (Lipinski definition) is 3. The van der Waals surface area contributed by atoms with E-state index in [0.29, 0.717) is 5.56 Å². The number of carbonyl (C=O) groups is 1. The van der Waals surface area contributed by atoms with Gasteiger partial charge < -0.3 is 10.1 Å². The van der Waals surface area contributed by atoms with Crippen LogP contribution in [0.25, 0.3) is 0 Å². The fourth-order valence-electron chi connectivity index (χ4n) is 1.37. The summed E-state index contributed by atoms with van der Waals surface area (Å²) in [5, 5.41) is 17.3. The van der Waals surface area contributed by atoms with Gasteiger partial charge in [0.1, 0.15) is 22.5 Å². The van der Waals surface area contributed by atoms with Crippen LogP contribution in [0.1, 0.15) is 16.1 Å². The number of pyridine rings is 1. The molecule has 0 saturated carbocycles. The molecule has 20 heavy (non-hydrogen) atoms. The molecule has 0 aliphatic carbocycles. The molecule has 2 aromatic heterocycles. The van der Waals surface area contributed by atoms with E-state index in [1.54, 1.807) is 0 Å². The number of nitrogens with one attached hydrogen (secondary N) is 2. The molecule has 0 unspecified atom stereocenters. The molecule has 3 N–H and O–H groups in total. The lowest BCUT2D eigenvalue weighted by Gasteiger charge is -2.04. The number of nitriles is 1. The van der Waals surface area contributed by atoms with E-state index in [2.05, 4.69) is 14.7 Å². The van der Waals surface area contributed by atoms with Crippen LogP contribution in [0.4, 0.5) is 5.82 Å². The third-order valence-corrected chi connectivity index (χ3v) is 3.66. The molecule has 102 valence electrons. The minimum Gasteiger partial charge on any atom is -0.477 e. The summed E-state index contributed by atoms with van der Waals surface area (Å²) < 4.78 is 26.1. The van der Waals surface area contributed by atoms with Crippen LogP contribution in [0.15, 0.2) is 35.5 Å². The molecule has 0 saturated heterocycles. The number of rotatable bonds is 4. The van der Waals surface area contributed by atoms with Crippen molar-refractivity contribution in [3.05, 3.63) is 41.9 Å². The summed E-state index contributed by atoms with van der Waals surface area (Å²) in [5.41, 5.74) is 0.0564. The lowest BCUT2D eigenvalue weighted by Crippen LogP contribution is -2.13. The topological polar surface area (TPSA) is 136 Å². The van der Waals surface area contributed by atoms with E-state index in [4.69, 9.17) is 10.4 Å². The zero-order chi connectivity index (χ0) is 14.8. The second-order valence-corrected chi connectivity index (χ2v) is 5.39. The highest BCUT2D eigenvalue weighted by atomic mass is 32.2. The van der Waals surface area contributed by atoms with Crippen LogP contribution in [0.3, 0.4) is 0 Å². The largest absolute Gasteiger partial charge is 0.477 e. The highest BCUT2D eigenvalue weighted by Crippen LogP contribution is 2.15. The minimum atomic E-state index is -3.94. The lowest BCUT2D eigenvalue weighted by atomic mass is 10.3. The Kier molecular flexibility index (Phi) is 3.41. The Bertz CT molecular complexity index is 787. The van der Waals surface area contributed by atoms with Crippen molar-refractivity contribution in [1.29, 1.82) is 5.26 Å². The first kappa shape index (κ1) is 13.6. The van der Waals surface area contributed by atoms with Crippen molar-refractivity contribution in [1.82, 2.24) is 9.97 Å². The van der Waals surface area contributed by atoms with Crippen LogP contribution >= 0.6 is 0 Å². The average molecular weight is 292 g/mol. The number of hydrogen-bond acceptors (Lipinski definition) is 5. The van der Waals surface area contributed by atoms with Gasteiger partial charge in [0.15, 0.2) is 0 Å². The summed E-state index contributed by atoms with van der Waals surface area (Å²) in [7, 11) is -3.94. The molecule has 0 radical (unpaired) electrons. The second-order valence-electron chi connectivity index (χ2n) is 3.70. The van der Waals surface area contributed by atoms with E-state index in [-0.39, 0.29) is 16.4 Å². The molecule has 0 spiro atoms. The molecule has 2 aromatic rings. The van der Waals surface area contributed by atoms with Crippen molar-refractivity contribution in [2.45, 2.75) is 4.90 Å². The molecule has 2 heterocycles. The van der Waals surface area contributed by atoms with Gasteiger partial charge in [0, 0.05) is 12.4 Å². The van der Waals surface area contributed by atoms with Crippen LogP contribution in [0.5, 0.6) is 0 Å². The first-order valence-corrected chi connectivity index (χ1v) is 6.71. The van der Waals surface area contributed by atoms with E-state index in [0.717, 1.165) is 12.3 Å². The molecule has 2 rings (SSSR count). The number of aromatic nitrogens is 2. The summed E-state index contributed by atoms with van der Waals surface area (Å²) in [4.78, 5) is 16.6. The lowest BCUT2D eigenvalue weighted by molar-refractivity contribution is 0.0691. The number of aromatic carboxylic acids is 1. The summed E-state index contributed by atoms with van der Waals surface area (Å²) in [5.74, 6) is -1.23. The third-order valence-electron chi connectivity index (χ3n) is 2.33. The van der Waals surface area contributed by atoms with Gasteiger partial charge >= 0.3 is 5.97 Å². The maximum Gasteiger partial charge on any atom is 0.352 e. The molecule has 0 aliphatic heterocycles. The maximum atomic E-state index is 12.0. The van der Waals surface area contributed by atoms with Crippen LogP contribution in [0, 0.1) is 11.3 Å². The standard InChI is InChI=1S/C11H8N4O4S/c12-4-7-1-2-10(14-5-7)15-20(18,19)8-3-9(11(16)17)13-6-8/h1-3,5-6,13H,(H,14,15)(H,16,17). The number of H-pyrrole nitrogens is 1. The van der Waals surface area contributed by atoms with Crippen molar-refractivity contribution in [3.63, 3.8) is 0 Å². The highest BCUT2D eigenvalue weighted by molar-refractivity contribution is 7.92. The van der Waals surface area contributed by atoms with E-state index < -0.39 is 16.0 Å². The van der Waals surface area contributed by atoms with Crippen LogP contribution < -0.4 is 4.72 Å². The van der Waals surface area contributed by atoms with Crippen LogP contribution in [0.2, 0.25) is 0 Å². The summed E-state index contributed by atoms with van der Waals surface area (Å²) in [6.45, 7) is 0. The Morgan fingerprint density at radius 2 is 2.20 bits per heavy atom. The predicted octanol–water partition coefficient (Wildman–Crippen LogP) is 0.780. The van der Waals surface area contributed by atoms with Crippen molar-refractivity contribution < 1.29 is 18.3 Å². The first-order chi connectivity index (χ1) is 9.42. The van der Waals surface area contributed by atoms with Gasteiger partial charge in [-0.25, -0.2) is 18.2 Å². The van der Waals surface area contributed by atoms with Gasteiger partial charge in [-0.2, -0.15) is 5.26 Å². The zero-order valence-corrected chi connectivity index (χ0v) is 10.7. The van der Waals surface area contributed by atoms with Gasteiger partial charge in [-0.05, 0) is 18.2 Å². The van der Waals surface area contributed by atoms with E-state index in [9.17, 15) is 13.2 Å². The summed E-state index contributed by atoms with van der Waals surface area (Å²) >= 11 is 0. The number of aromatic amines is 1. The normalized spacial score (nSPS) is 10.8. The Morgan fingerprint density at radius 3 is 2.70 bits per heavy atom. The Hall–Kier alpha value is -2.86. The predicted molar refractivity (Wildman–Crippen MR) is 67.5 cm³/mol. The van der Waals surface area contributed by atoms with Gasteiger partial charge in [-0.3, -0.25) is 4.72 Å². The number of carboxylic acids is 1. The maximum absolute atomic E-state index is 12.0. The Balaban J connectivity index is 2.25. The fourth-order valence-corrected chi connectivity index (χ4v) is 2.37. The van der Waals surface area contributed by atoms with Gasteiger partial charge in [0.25, 0.3) is 10.0 Å². The van der Waals surface area contributed by atoms with Crippen LogP contribution in [-0.4, -0.2) is 29.5 Å². The van der Waals surface area contributed by atoms with Crippen molar-refractivity contribution in [2.75, 3.05) is 4.72 Å². The van der Waals surface area contributed by atoms with Gasteiger partial charge in [0.2, 0.25) is 0 Å². The number of carboxylic acid groups (broad SMARTS) is 1. The SMILES string of the molecule is N#Cc1ccc(NS(=O)(=O)c2c[nH]c(C(=O)O)c2)nc1. The molecule has 0 aromatic carbocycles. The van der Waals surface area contributed by atoms with E-state index >= 15 is 0 Å². The third kappa shape index (κ3) is 2.76. The number of sulfonamides is 1. The molecular formula is C11H8N4O4S. The van der Waals surface area contributed by atoms with Crippen molar-refractivity contribution in [2.24, 2.45) is 0 Å². The van der Waals surface area contributed by atoms with Gasteiger partial charge in [-0.15, -0.1) is 0 Å². The van der Waals surface area contributed by atoms with Crippen molar-refractivity contribution >= 4 is 21.8 Å². The van der Waals surface area contributed by atoms with Gasteiger partial charge in [-0.1, -0.05) is 0 Å². The number of anilines is 1. The van der Waals surface area contributed by atoms with E-state index in [1.165, 1.54) is 18.3 Å². The van der Waals surface area contributed by atoms with Gasteiger partial charge in [0.05, 0.1) is 5.56 Å². The highest BCUT2D eigenvalue weighted by Gasteiger charge is 2.18. The molecule has 8 nitrogen and oxygen atoms in total. The average Bonchev–Trinajstić information content (AvgIpc) is 2.90. The van der Waals surface area contributed by atoms with E-state index in [1.807, 2.05) is 6.07 Å². The zero-order valence-electron chi connectivity index (χ0n) is 9.86. The molecule has 9 heteroatoms. The molecule has 0 atom stereocenters. The fraction of sp³-hybridized carbons (Fsp3) is 0. The quantitative estimate of drug-likeness (QED) is 0.761. The second kappa shape index (κ2) is 5.02. The number of nitrogens with zero attached hydrogens (tertiary/aromatic N) is 2. The van der Waals surface area contributed by atoms with Crippen molar-refractivity contribution in [3.8, 4) is 6.07 Å². The Labute approximate surface area is 113 Å². The molecule has 0 bridgehead atoms. The molecule has 0 fully saturated rings. The monoisotopic (exact) mass is 292 g/mol. The molecule has 0 amide bonds. The molecule has 0 aliphatic rings. The molecular weight excluding hydrogens is 284 g/mol. The first-order valence-electron chi connectivity index (χ1n) is 5.23.